The van der Waals surface area contributed by atoms with Crippen molar-refractivity contribution in [1.29, 1.82) is 0 Å². The summed E-state index contributed by atoms with van der Waals surface area (Å²) in [6, 6.07) is 0. The van der Waals surface area contributed by atoms with Crippen LogP contribution in [0, 0.1) is 0 Å². The zero-order valence-corrected chi connectivity index (χ0v) is 4.07. The monoisotopic (exact) mass is 118 g/mol. The molecule has 2 atom stereocenters. The molecule has 0 saturated carbocycles. The number of rotatable bonds is 0. The molecule has 1 saturated heterocycles. The van der Waals surface area contributed by atoms with Gasteiger partial charge in [0.25, 0.3) is 0 Å². The van der Waals surface area contributed by atoms with Gasteiger partial charge in [-0.3, -0.25) is 0 Å². The van der Waals surface area contributed by atoms with E-state index in [4.69, 9.17) is 10.2 Å². The summed E-state index contributed by atoms with van der Waals surface area (Å²) in [5, 5.41) is 17.1. The molecule has 1 heterocycles. The fourth-order valence-corrected chi connectivity index (χ4v) is 0.501. The Morgan fingerprint density at radius 2 is 2.25 bits per heavy atom. The predicted octanol–water partition coefficient (Wildman–Crippen LogP) is -1.74. The van der Waals surface area contributed by atoms with Crippen LogP contribution < -0.4 is 0 Å². The van der Waals surface area contributed by atoms with Gasteiger partial charge in [-0.1, -0.05) is 0 Å². The molecule has 1 unspecified atom stereocenters. The number of hydrogen-bond donors (Lipinski definition) is 2. The Balaban J connectivity index is 2.56. The molecule has 0 radical (unpaired) electrons. The van der Waals surface area contributed by atoms with E-state index >= 15 is 0 Å². The number of ether oxygens (including phenoxy) is 1. The van der Waals surface area contributed by atoms with Crippen molar-refractivity contribution in [2.24, 2.45) is 0 Å². The Morgan fingerprint density at radius 1 is 1.62 bits per heavy atom. The van der Waals surface area contributed by atoms with Crippen molar-refractivity contribution in [2.45, 2.75) is 12.2 Å². The molecule has 46 valence electrons. The number of aliphatic hydroxyl groups excluding tert-OH is 2. The summed E-state index contributed by atoms with van der Waals surface area (Å²) in [7, 11) is 0. The lowest BCUT2D eigenvalue weighted by Gasteiger charge is -1.97. The summed E-state index contributed by atoms with van der Waals surface area (Å²) in [5.41, 5.74) is 0. The van der Waals surface area contributed by atoms with E-state index in [2.05, 4.69) is 4.74 Å². The van der Waals surface area contributed by atoms with Crippen LogP contribution in [-0.2, 0) is 9.53 Å². The van der Waals surface area contributed by atoms with Crippen molar-refractivity contribution >= 4 is 5.97 Å². The number of cyclic esters (lactones) is 1. The second-order valence-electron chi connectivity index (χ2n) is 1.64. The van der Waals surface area contributed by atoms with Crippen LogP contribution in [0.2, 0.25) is 0 Å². The van der Waals surface area contributed by atoms with Crippen LogP contribution in [0.3, 0.4) is 0 Å². The maximum Gasteiger partial charge on any atom is 0.337 e. The Bertz CT molecular complexity index is 111. The van der Waals surface area contributed by atoms with E-state index in [1.54, 1.807) is 0 Å². The number of hydrogen-bond acceptors (Lipinski definition) is 4. The molecule has 0 aliphatic carbocycles. The standard InChI is InChI=1S/C4H6O4/c5-2-1-8-4(7)3(2)6/h2-3,5-6H,1H2/t2-,3?/m1/s1. The van der Waals surface area contributed by atoms with Crippen molar-refractivity contribution in [1.82, 2.24) is 0 Å². The van der Waals surface area contributed by atoms with E-state index in [0.29, 0.717) is 0 Å². The van der Waals surface area contributed by atoms with Gasteiger partial charge in [0.05, 0.1) is 0 Å². The minimum atomic E-state index is -1.32. The van der Waals surface area contributed by atoms with Gasteiger partial charge >= 0.3 is 5.97 Å². The third-order valence-corrected chi connectivity index (χ3v) is 1.00. The van der Waals surface area contributed by atoms with Gasteiger partial charge in [-0.15, -0.1) is 0 Å². The Kier molecular flexibility index (Phi) is 1.19. The number of carbonyl (C=O) groups excluding carboxylic acids is 1. The van der Waals surface area contributed by atoms with Gasteiger partial charge in [0.15, 0.2) is 6.10 Å². The van der Waals surface area contributed by atoms with E-state index in [1.807, 2.05) is 0 Å². The van der Waals surface area contributed by atoms with Crippen LogP contribution in [0.4, 0.5) is 0 Å². The van der Waals surface area contributed by atoms with Crippen molar-refractivity contribution < 1.29 is 19.7 Å². The van der Waals surface area contributed by atoms with Crippen molar-refractivity contribution in [2.75, 3.05) is 6.61 Å². The van der Waals surface area contributed by atoms with Crippen LogP contribution in [0.15, 0.2) is 0 Å². The molecule has 1 rings (SSSR count). The van der Waals surface area contributed by atoms with Crippen LogP contribution in [0.25, 0.3) is 0 Å². The molecule has 2 N–H and O–H groups in total. The van der Waals surface area contributed by atoms with Gasteiger partial charge < -0.3 is 14.9 Å². The molecular formula is C4H6O4. The third-order valence-electron chi connectivity index (χ3n) is 1.00. The van der Waals surface area contributed by atoms with Gasteiger partial charge in [0.2, 0.25) is 0 Å². The number of carbonyl (C=O) groups is 1. The van der Waals surface area contributed by atoms with E-state index in [1.165, 1.54) is 0 Å². The first kappa shape index (κ1) is 5.53. The highest BCUT2D eigenvalue weighted by atomic mass is 16.6. The molecule has 1 aliphatic rings. The molecule has 0 amide bonds. The van der Waals surface area contributed by atoms with Crippen LogP contribution in [-0.4, -0.2) is 35.0 Å². The summed E-state index contributed by atoms with van der Waals surface area (Å²) < 4.78 is 4.24. The Labute approximate surface area is 45.7 Å². The molecule has 8 heavy (non-hydrogen) atoms. The highest BCUT2D eigenvalue weighted by Gasteiger charge is 2.33. The second-order valence-corrected chi connectivity index (χ2v) is 1.64. The lowest BCUT2D eigenvalue weighted by atomic mass is 10.3. The van der Waals surface area contributed by atoms with Gasteiger partial charge in [0.1, 0.15) is 12.7 Å². The van der Waals surface area contributed by atoms with Crippen molar-refractivity contribution in [3.8, 4) is 0 Å². The molecule has 0 aromatic heterocycles. The molecule has 0 spiro atoms. The quantitative estimate of drug-likeness (QED) is 0.371. The van der Waals surface area contributed by atoms with Crippen molar-refractivity contribution in [3.63, 3.8) is 0 Å². The highest BCUT2D eigenvalue weighted by molar-refractivity contribution is 5.77. The Morgan fingerprint density at radius 3 is 2.38 bits per heavy atom. The van der Waals surface area contributed by atoms with Crippen molar-refractivity contribution in [3.05, 3.63) is 0 Å². The van der Waals surface area contributed by atoms with Gasteiger partial charge in [-0.2, -0.15) is 0 Å². The highest BCUT2D eigenvalue weighted by Crippen LogP contribution is 2.05. The largest absolute Gasteiger partial charge is 0.461 e. The first-order valence-corrected chi connectivity index (χ1v) is 2.24. The minimum absolute atomic E-state index is 0.0833. The van der Waals surface area contributed by atoms with E-state index < -0.39 is 18.2 Å². The molecular weight excluding hydrogens is 112 g/mol. The summed E-state index contributed by atoms with van der Waals surface area (Å²) >= 11 is 0. The number of esters is 1. The first-order valence-electron chi connectivity index (χ1n) is 2.24. The molecule has 4 nitrogen and oxygen atoms in total. The molecule has 1 aliphatic heterocycles. The normalized spacial score (nSPS) is 37.5. The van der Waals surface area contributed by atoms with E-state index in [0.717, 1.165) is 0 Å². The smallest absolute Gasteiger partial charge is 0.337 e. The molecule has 4 heteroatoms. The molecule has 0 aromatic rings. The molecule has 0 bridgehead atoms. The zero-order chi connectivity index (χ0) is 6.15. The summed E-state index contributed by atoms with van der Waals surface area (Å²) in [4.78, 5) is 10.2. The van der Waals surface area contributed by atoms with Gasteiger partial charge in [0, 0.05) is 0 Å². The summed E-state index contributed by atoms with van der Waals surface area (Å²) in [5.74, 6) is -0.738. The van der Waals surface area contributed by atoms with Crippen LogP contribution in [0.1, 0.15) is 0 Å². The maximum absolute atomic E-state index is 10.2. The van der Waals surface area contributed by atoms with Crippen LogP contribution >= 0.6 is 0 Å². The maximum atomic E-state index is 10.2. The van der Waals surface area contributed by atoms with E-state index in [9.17, 15) is 4.79 Å². The fraction of sp³-hybridized carbons (Fsp3) is 0.750. The van der Waals surface area contributed by atoms with Gasteiger partial charge in [-0.25, -0.2) is 4.79 Å². The molecule has 0 aromatic carbocycles. The van der Waals surface area contributed by atoms with Gasteiger partial charge in [-0.05, 0) is 0 Å². The average Bonchev–Trinajstić information content (AvgIpc) is 1.98. The first-order chi connectivity index (χ1) is 3.72. The SMILES string of the molecule is O=C1OC[C@@H](O)C1O. The summed E-state index contributed by atoms with van der Waals surface area (Å²) in [6.45, 7) is -0.0833. The topological polar surface area (TPSA) is 66.8 Å². The molecule has 1 fully saturated rings. The summed E-state index contributed by atoms with van der Waals surface area (Å²) in [6.07, 6.45) is -2.35. The zero-order valence-electron chi connectivity index (χ0n) is 4.07. The average molecular weight is 118 g/mol. The van der Waals surface area contributed by atoms with E-state index in [-0.39, 0.29) is 6.61 Å². The minimum Gasteiger partial charge on any atom is -0.461 e. The predicted molar refractivity (Wildman–Crippen MR) is 23.0 cm³/mol. The second kappa shape index (κ2) is 1.72. The van der Waals surface area contributed by atoms with Crippen LogP contribution in [0.5, 0.6) is 0 Å². The number of aliphatic hydroxyl groups is 2. The third kappa shape index (κ3) is 0.677. The Hall–Kier alpha value is -0.610. The lowest BCUT2D eigenvalue weighted by Crippen LogP contribution is -2.25. The lowest BCUT2D eigenvalue weighted by molar-refractivity contribution is -0.145. The fourth-order valence-electron chi connectivity index (χ4n) is 0.501.